The van der Waals surface area contributed by atoms with Crippen LogP contribution in [0.1, 0.15) is 113 Å². The van der Waals surface area contributed by atoms with E-state index in [0.717, 1.165) is 51.4 Å². The van der Waals surface area contributed by atoms with Crippen LogP contribution in [0.4, 0.5) is 0 Å². The minimum atomic E-state index is -1.89. The van der Waals surface area contributed by atoms with E-state index in [-0.39, 0.29) is 58.2 Å². The number of rotatable bonds is 10. The molecular weight excluding hydrogens is 945 g/mol. The fourth-order valence-electron chi connectivity index (χ4n) is 16.0. The molecule has 4 saturated heterocycles. The third-order valence-electron chi connectivity index (χ3n) is 20.9. The summed E-state index contributed by atoms with van der Waals surface area (Å²) in [6, 6.07) is 0. The Bertz CT molecular complexity index is 1950. The number of fused-ring (bicyclic) bond motifs is 7. The first-order chi connectivity index (χ1) is 33.7. The Hall–Kier alpha value is -1.06. The zero-order chi connectivity index (χ0) is 52.4. The summed E-state index contributed by atoms with van der Waals surface area (Å²) >= 11 is 0. The van der Waals surface area contributed by atoms with E-state index in [1.54, 1.807) is 0 Å². The van der Waals surface area contributed by atoms with Gasteiger partial charge in [-0.15, -0.1) is 0 Å². The third-order valence-corrected chi connectivity index (χ3v) is 20.9. The molecule has 0 aromatic rings. The van der Waals surface area contributed by atoms with Gasteiger partial charge in [0.2, 0.25) is 0 Å². The average Bonchev–Trinajstić information content (AvgIpc) is 3.33. The fourth-order valence-corrected chi connectivity index (χ4v) is 16.0. The minimum Gasteiger partial charge on any atom is -0.396 e. The highest BCUT2D eigenvalue weighted by molar-refractivity contribution is 5.34. The van der Waals surface area contributed by atoms with Gasteiger partial charge >= 0.3 is 0 Å². The van der Waals surface area contributed by atoms with Gasteiger partial charge in [-0.05, 0) is 104 Å². The highest BCUT2D eigenvalue weighted by atomic mass is 16.8. The molecule has 0 aromatic heterocycles. The van der Waals surface area contributed by atoms with Crippen molar-refractivity contribution in [1.29, 1.82) is 0 Å². The molecule has 0 aromatic carbocycles. The molecular formula is C52H86O20. The maximum absolute atomic E-state index is 11.8. The number of aliphatic hydroxyl groups is 12. The Morgan fingerprint density at radius 2 is 1.21 bits per heavy atom. The second kappa shape index (κ2) is 20.0. The lowest BCUT2D eigenvalue weighted by atomic mass is 9.33. The first kappa shape index (κ1) is 55.7. The highest BCUT2D eigenvalue weighted by Crippen LogP contribution is 2.76. The van der Waals surface area contributed by atoms with Crippen molar-refractivity contribution in [2.24, 2.45) is 50.2 Å². The average molecular weight is 1030 g/mol. The van der Waals surface area contributed by atoms with Crippen LogP contribution in [0.25, 0.3) is 0 Å². The second-order valence-corrected chi connectivity index (χ2v) is 25.5. The lowest BCUT2D eigenvalue weighted by molar-refractivity contribution is -0.405. The molecule has 9 aliphatic rings. The summed E-state index contributed by atoms with van der Waals surface area (Å²) in [5, 5.41) is 132. The normalized spacial score (nSPS) is 56.7. The second-order valence-electron chi connectivity index (χ2n) is 25.5. The SMILES string of the molecule is C[C@@H]1O[C@@H](O[C@H]2[C@H](O[C@H]3[C@H](O[C@H]4CC[C@@]5(C)[C@@H](CC[C@]6(C)[C@@H]5CC=C5[C@@H]7CC(C)(C)C[C@@H](O)[C@]7(C)CC[C@]56C)[C@@]4(C)CO)OC[C@H](O)[C@@H]3O)O[C@H](CO)[C@H](O)[C@@H]2O[C@@H]2OC[C@H](O)[C@H](O)[C@H]2O)[C@H](O)[C@H](O)[C@H]1O. The van der Waals surface area contributed by atoms with Crippen LogP contribution in [-0.4, -0.2) is 211 Å². The Labute approximate surface area is 422 Å². The zero-order valence-electron chi connectivity index (χ0n) is 43.2. The molecule has 4 aliphatic heterocycles. The van der Waals surface area contributed by atoms with Crippen molar-refractivity contribution in [3.05, 3.63) is 11.6 Å². The largest absolute Gasteiger partial charge is 0.396 e. The summed E-state index contributed by atoms with van der Waals surface area (Å²) in [6.07, 6.45) is -20.4. The van der Waals surface area contributed by atoms with E-state index in [4.69, 9.17) is 37.9 Å². The summed E-state index contributed by atoms with van der Waals surface area (Å²) in [4.78, 5) is 0. The predicted molar refractivity (Wildman–Crippen MR) is 251 cm³/mol. The third kappa shape index (κ3) is 8.91. The van der Waals surface area contributed by atoms with E-state index in [1.807, 2.05) is 6.92 Å². The molecule has 0 spiro atoms. The van der Waals surface area contributed by atoms with Crippen molar-refractivity contribution >= 4 is 0 Å². The van der Waals surface area contributed by atoms with E-state index >= 15 is 0 Å². The zero-order valence-corrected chi connectivity index (χ0v) is 43.2. The van der Waals surface area contributed by atoms with Crippen LogP contribution in [0.2, 0.25) is 0 Å². The molecule has 414 valence electrons. The molecule has 5 aliphatic carbocycles. The van der Waals surface area contributed by atoms with Gasteiger partial charge in [0.25, 0.3) is 0 Å². The van der Waals surface area contributed by atoms with Crippen LogP contribution in [0, 0.1) is 50.2 Å². The molecule has 0 unspecified atom stereocenters. The summed E-state index contributed by atoms with van der Waals surface area (Å²) in [7, 11) is 0. The standard InChI is InChI=1S/C52H86O20/c1-23-33(58)37(62)39(64)44(67-23)72-42-40(70-43-38(63)34(59)26(55)20-65-43)36(61)28(19-53)68-46(42)71-41-35(60)27(56)21-66-45(41)69-32-12-13-49(5)29(50(32,6)22-54)11-14-52(8)30(49)10-9-24-25-17-47(2,3)18-31(57)48(25,4)15-16-51(24,52)7/h9,23,25-46,53-64H,10-22H2,1-8H3/t23-,25-,26-,27-,28+,29+,30+,31+,32-,33-,34-,35-,36-,37+,38+,39+,40-,41+,42+,43-,44-,45-,46-,48+,49-,50+,51+,52+/m0/s1. The molecule has 0 radical (unpaired) electrons. The van der Waals surface area contributed by atoms with Gasteiger partial charge < -0.3 is 99.2 Å². The van der Waals surface area contributed by atoms with Crippen molar-refractivity contribution < 1.29 is 99.2 Å². The fraction of sp³-hybridized carbons (Fsp3) is 0.962. The van der Waals surface area contributed by atoms with Gasteiger partial charge in [0.05, 0.1) is 44.7 Å². The van der Waals surface area contributed by atoms with E-state index in [1.165, 1.54) is 12.5 Å². The van der Waals surface area contributed by atoms with Crippen LogP contribution in [-0.2, 0) is 37.9 Å². The molecule has 0 bridgehead atoms. The first-order valence-electron chi connectivity index (χ1n) is 26.6. The van der Waals surface area contributed by atoms with Crippen molar-refractivity contribution in [1.82, 2.24) is 0 Å². The van der Waals surface area contributed by atoms with Gasteiger partial charge in [0, 0.05) is 10.8 Å². The van der Waals surface area contributed by atoms with E-state index in [0.29, 0.717) is 12.3 Å². The van der Waals surface area contributed by atoms with Crippen molar-refractivity contribution in [2.75, 3.05) is 26.4 Å². The van der Waals surface area contributed by atoms with Gasteiger partial charge in [-0.1, -0.05) is 60.1 Å². The lowest BCUT2D eigenvalue weighted by Crippen LogP contribution is -2.68. The molecule has 20 nitrogen and oxygen atoms in total. The topological polar surface area (TPSA) is 317 Å². The summed E-state index contributed by atoms with van der Waals surface area (Å²) in [5.74, 6) is 0.573. The molecule has 4 heterocycles. The Kier molecular flexibility index (Phi) is 15.5. The summed E-state index contributed by atoms with van der Waals surface area (Å²) in [6.45, 7) is 15.8. The molecule has 20 heteroatoms. The smallest absolute Gasteiger partial charge is 0.187 e. The van der Waals surface area contributed by atoms with Crippen LogP contribution in [0.15, 0.2) is 11.6 Å². The maximum atomic E-state index is 11.8. The quantitative estimate of drug-likeness (QED) is 0.0989. The van der Waals surface area contributed by atoms with E-state index < -0.39 is 135 Å². The molecule has 4 saturated carbocycles. The first-order valence-corrected chi connectivity index (χ1v) is 26.6. The molecule has 8 fully saturated rings. The minimum absolute atomic E-state index is 0.00697. The van der Waals surface area contributed by atoms with Crippen LogP contribution >= 0.6 is 0 Å². The molecule has 12 N–H and O–H groups in total. The van der Waals surface area contributed by atoms with Crippen molar-refractivity contribution in [3.8, 4) is 0 Å². The van der Waals surface area contributed by atoms with Crippen LogP contribution in [0.5, 0.6) is 0 Å². The molecule has 9 rings (SSSR count). The maximum Gasteiger partial charge on any atom is 0.187 e. The number of aliphatic hydroxyl groups excluding tert-OH is 12. The summed E-state index contributed by atoms with van der Waals surface area (Å²) < 4.78 is 49.1. The van der Waals surface area contributed by atoms with Crippen LogP contribution < -0.4 is 0 Å². The molecule has 28 atom stereocenters. The van der Waals surface area contributed by atoms with Crippen LogP contribution in [0.3, 0.4) is 0 Å². The van der Waals surface area contributed by atoms with E-state index in [2.05, 4.69) is 47.6 Å². The number of ether oxygens (including phenoxy) is 8. The number of hydrogen-bond acceptors (Lipinski definition) is 20. The van der Waals surface area contributed by atoms with Crippen molar-refractivity contribution in [3.63, 3.8) is 0 Å². The number of allylic oxidation sites excluding steroid dienone is 2. The molecule has 72 heavy (non-hydrogen) atoms. The Morgan fingerprint density at radius 1 is 0.569 bits per heavy atom. The van der Waals surface area contributed by atoms with Gasteiger partial charge in [-0.25, -0.2) is 0 Å². The molecule has 0 amide bonds. The van der Waals surface area contributed by atoms with Gasteiger partial charge in [-0.3, -0.25) is 0 Å². The monoisotopic (exact) mass is 1030 g/mol. The van der Waals surface area contributed by atoms with E-state index in [9.17, 15) is 61.3 Å². The van der Waals surface area contributed by atoms with Gasteiger partial charge in [0.15, 0.2) is 25.2 Å². The van der Waals surface area contributed by atoms with Gasteiger partial charge in [-0.2, -0.15) is 0 Å². The Morgan fingerprint density at radius 3 is 1.89 bits per heavy atom. The number of hydrogen-bond donors (Lipinski definition) is 12. The van der Waals surface area contributed by atoms with Crippen molar-refractivity contribution in [2.45, 2.75) is 236 Å². The predicted octanol–water partition coefficient (Wildman–Crippen LogP) is -0.285. The lowest BCUT2D eigenvalue weighted by Gasteiger charge is -2.72. The Balaban J connectivity index is 0.991. The summed E-state index contributed by atoms with van der Waals surface area (Å²) in [5.41, 5.74) is 0.206. The van der Waals surface area contributed by atoms with Gasteiger partial charge in [0.1, 0.15) is 79.4 Å². The highest BCUT2D eigenvalue weighted by Gasteiger charge is 2.70.